The summed E-state index contributed by atoms with van der Waals surface area (Å²) in [5, 5.41) is 0. The molecule has 10 heteroatoms. The lowest BCUT2D eigenvalue weighted by molar-refractivity contribution is -0.145. The number of carbonyl (C=O) groups is 4. The van der Waals surface area contributed by atoms with E-state index in [2.05, 4.69) is 6.58 Å². The molecular weight excluding hydrogens is 390 g/mol. The SMILES string of the molecule is C=C(C)C(=O)OC(C)COC(=O)c1ccc(S(=O)(=O)NC(=O)CCC=O)cc1. The predicted molar refractivity (Wildman–Crippen MR) is 97.7 cm³/mol. The minimum atomic E-state index is -4.11. The summed E-state index contributed by atoms with van der Waals surface area (Å²) in [6, 6.07) is 4.71. The van der Waals surface area contributed by atoms with E-state index in [1.165, 1.54) is 26.0 Å². The summed E-state index contributed by atoms with van der Waals surface area (Å²) >= 11 is 0. The zero-order valence-corrected chi connectivity index (χ0v) is 16.3. The topological polar surface area (TPSA) is 133 Å². The van der Waals surface area contributed by atoms with Crippen molar-refractivity contribution in [3.63, 3.8) is 0 Å². The van der Waals surface area contributed by atoms with E-state index in [4.69, 9.17) is 9.47 Å². The lowest BCUT2D eigenvalue weighted by Gasteiger charge is -2.13. The van der Waals surface area contributed by atoms with Gasteiger partial charge in [0.05, 0.1) is 10.5 Å². The lowest BCUT2D eigenvalue weighted by atomic mass is 10.2. The number of aldehydes is 1. The predicted octanol–water partition coefficient (Wildman–Crippen LogP) is 1.14. The number of benzene rings is 1. The Morgan fingerprint density at radius 2 is 1.82 bits per heavy atom. The van der Waals surface area contributed by atoms with Crippen molar-refractivity contribution >= 4 is 34.2 Å². The largest absolute Gasteiger partial charge is 0.458 e. The molecule has 0 fully saturated rings. The molecule has 0 spiro atoms. The third-order valence-corrected chi connectivity index (χ3v) is 4.63. The highest BCUT2D eigenvalue weighted by molar-refractivity contribution is 7.90. The van der Waals surface area contributed by atoms with Crippen molar-refractivity contribution in [3.8, 4) is 0 Å². The number of amides is 1. The van der Waals surface area contributed by atoms with Gasteiger partial charge in [0, 0.05) is 18.4 Å². The average molecular weight is 411 g/mol. The van der Waals surface area contributed by atoms with Gasteiger partial charge in [0.25, 0.3) is 10.0 Å². The fourth-order valence-corrected chi connectivity index (χ4v) is 2.83. The Balaban J connectivity index is 2.67. The molecule has 0 heterocycles. The molecule has 1 unspecified atom stereocenters. The Kier molecular flexibility index (Phi) is 8.52. The van der Waals surface area contributed by atoms with Gasteiger partial charge in [-0.2, -0.15) is 0 Å². The molecule has 9 nitrogen and oxygen atoms in total. The van der Waals surface area contributed by atoms with E-state index in [-0.39, 0.29) is 35.5 Å². The molecule has 0 saturated heterocycles. The summed E-state index contributed by atoms with van der Waals surface area (Å²) in [7, 11) is -4.11. The molecule has 0 aliphatic carbocycles. The molecule has 0 aliphatic heterocycles. The number of esters is 2. The van der Waals surface area contributed by atoms with E-state index in [0.717, 1.165) is 12.1 Å². The summed E-state index contributed by atoms with van der Waals surface area (Å²) in [6.45, 7) is 6.27. The van der Waals surface area contributed by atoms with Gasteiger partial charge in [0.1, 0.15) is 19.0 Å². The van der Waals surface area contributed by atoms with E-state index in [0.29, 0.717) is 6.29 Å². The van der Waals surface area contributed by atoms with Crippen molar-refractivity contribution in [3.05, 3.63) is 42.0 Å². The fourth-order valence-electron chi connectivity index (χ4n) is 1.81. The maximum atomic E-state index is 12.1. The van der Waals surface area contributed by atoms with Crippen LogP contribution in [0.25, 0.3) is 0 Å². The molecule has 1 atom stereocenters. The van der Waals surface area contributed by atoms with E-state index in [9.17, 15) is 27.6 Å². The van der Waals surface area contributed by atoms with Gasteiger partial charge in [-0.25, -0.2) is 22.7 Å². The van der Waals surface area contributed by atoms with E-state index < -0.39 is 34.0 Å². The molecule has 1 aromatic carbocycles. The summed E-state index contributed by atoms with van der Waals surface area (Å²) in [5.41, 5.74) is 0.290. The number of nitrogens with one attached hydrogen (secondary N) is 1. The highest BCUT2D eigenvalue weighted by Gasteiger charge is 2.19. The molecular formula is C18H21NO8S. The second-order valence-corrected chi connectivity index (χ2v) is 7.54. The molecule has 0 saturated carbocycles. The summed E-state index contributed by atoms with van der Waals surface area (Å²) in [4.78, 5) is 44.8. The first-order chi connectivity index (χ1) is 13.1. The molecule has 1 amide bonds. The summed E-state index contributed by atoms with van der Waals surface area (Å²) in [5.74, 6) is -2.15. The fraction of sp³-hybridized carbons (Fsp3) is 0.333. The van der Waals surface area contributed by atoms with Gasteiger partial charge < -0.3 is 14.3 Å². The van der Waals surface area contributed by atoms with Crippen molar-refractivity contribution in [2.24, 2.45) is 0 Å². The van der Waals surface area contributed by atoms with Crippen LogP contribution < -0.4 is 4.72 Å². The van der Waals surface area contributed by atoms with Crippen LogP contribution in [0, 0.1) is 0 Å². The van der Waals surface area contributed by atoms with Crippen LogP contribution >= 0.6 is 0 Å². The van der Waals surface area contributed by atoms with Gasteiger partial charge in [0.15, 0.2) is 0 Å². The highest BCUT2D eigenvalue weighted by Crippen LogP contribution is 2.12. The smallest absolute Gasteiger partial charge is 0.338 e. The maximum absolute atomic E-state index is 12.1. The molecule has 0 bridgehead atoms. The Morgan fingerprint density at radius 1 is 1.21 bits per heavy atom. The second kappa shape index (κ2) is 10.4. The van der Waals surface area contributed by atoms with Gasteiger partial charge in [0.2, 0.25) is 5.91 Å². The van der Waals surface area contributed by atoms with E-state index in [1.54, 1.807) is 0 Å². The lowest BCUT2D eigenvalue weighted by Crippen LogP contribution is -2.30. The monoisotopic (exact) mass is 411 g/mol. The first-order valence-electron chi connectivity index (χ1n) is 8.19. The molecule has 0 aromatic heterocycles. The Labute approximate surface area is 162 Å². The normalized spacial score (nSPS) is 11.8. The Morgan fingerprint density at radius 3 is 2.36 bits per heavy atom. The van der Waals surface area contributed by atoms with Crippen LogP contribution in [0.15, 0.2) is 41.3 Å². The average Bonchev–Trinajstić information content (AvgIpc) is 2.64. The van der Waals surface area contributed by atoms with E-state index >= 15 is 0 Å². The maximum Gasteiger partial charge on any atom is 0.338 e. The zero-order valence-electron chi connectivity index (χ0n) is 15.5. The molecule has 1 rings (SSSR count). The van der Waals surface area contributed by atoms with Gasteiger partial charge >= 0.3 is 11.9 Å². The van der Waals surface area contributed by atoms with Gasteiger partial charge in [-0.05, 0) is 38.1 Å². The standard InChI is InChI=1S/C18H21NO8S/c1-12(2)17(22)27-13(3)11-26-18(23)14-6-8-15(9-7-14)28(24,25)19-16(21)5-4-10-20/h6-10,13H,1,4-5,11H2,2-3H3,(H,19,21). The molecule has 1 aromatic rings. The van der Waals surface area contributed by atoms with Gasteiger partial charge in [-0.1, -0.05) is 6.58 Å². The number of rotatable bonds is 10. The number of carbonyl (C=O) groups excluding carboxylic acids is 4. The van der Waals surface area contributed by atoms with Crippen molar-refractivity contribution in [2.45, 2.75) is 37.7 Å². The van der Waals surface area contributed by atoms with Gasteiger partial charge in [-0.3, -0.25) is 4.79 Å². The number of sulfonamides is 1. The molecule has 0 aliphatic rings. The molecule has 152 valence electrons. The second-order valence-electron chi connectivity index (χ2n) is 5.85. The quantitative estimate of drug-likeness (QED) is 0.344. The highest BCUT2D eigenvalue weighted by atomic mass is 32.2. The molecule has 1 N–H and O–H groups in total. The van der Waals surface area contributed by atoms with E-state index in [1.807, 2.05) is 4.72 Å². The number of ether oxygens (including phenoxy) is 2. The third kappa shape index (κ3) is 7.31. The van der Waals surface area contributed by atoms with Crippen molar-refractivity contribution in [2.75, 3.05) is 6.61 Å². The minimum absolute atomic E-state index is 0.0738. The van der Waals surface area contributed by atoms with Crippen LogP contribution in [0.1, 0.15) is 37.0 Å². The van der Waals surface area contributed by atoms with Crippen molar-refractivity contribution in [1.82, 2.24) is 4.72 Å². The Hall–Kier alpha value is -3.01. The summed E-state index contributed by atoms with van der Waals surface area (Å²) < 4.78 is 35.9. The van der Waals surface area contributed by atoms with Crippen molar-refractivity contribution < 1.29 is 37.1 Å². The van der Waals surface area contributed by atoms with Crippen LogP contribution in [0.2, 0.25) is 0 Å². The Bertz CT molecular complexity index is 858. The first kappa shape index (κ1) is 23.0. The minimum Gasteiger partial charge on any atom is -0.458 e. The number of hydrogen-bond acceptors (Lipinski definition) is 8. The molecule has 28 heavy (non-hydrogen) atoms. The summed E-state index contributed by atoms with van der Waals surface area (Å²) in [6.07, 6.45) is -0.519. The van der Waals surface area contributed by atoms with Crippen molar-refractivity contribution in [1.29, 1.82) is 0 Å². The van der Waals surface area contributed by atoms with Crippen LogP contribution in [0.5, 0.6) is 0 Å². The van der Waals surface area contributed by atoms with Crippen LogP contribution in [0.3, 0.4) is 0 Å². The molecule has 0 radical (unpaired) electrons. The zero-order chi connectivity index (χ0) is 21.3. The number of hydrogen-bond donors (Lipinski definition) is 1. The van der Waals surface area contributed by atoms with Crippen LogP contribution in [-0.4, -0.2) is 45.3 Å². The van der Waals surface area contributed by atoms with Crippen LogP contribution in [-0.2, 0) is 33.9 Å². The first-order valence-corrected chi connectivity index (χ1v) is 9.68. The third-order valence-electron chi connectivity index (χ3n) is 3.24. The van der Waals surface area contributed by atoms with Crippen LogP contribution in [0.4, 0.5) is 0 Å². The van der Waals surface area contributed by atoms with Gasteiger partial charge in [-0.15, -0.1) is 0 Å².